The van der Waals surface area contributed by atoms with Gasteiger partial charge in [-0.25, -0.2) is 4.79 Å². The van der Waals surface area contributed by atoms with E-state index in [0.717, 1.165) is 19.4 Å². The van der Waals surface area contributed by atoms with E-state index in [2.05, 4.69) is 31.4 Å². The van der Waals surface area contributed by atoms with E-state index < -0.39 is 5.60 Å². The zero-order valence-corrected chi connectivity index (χ0v) is 14.1. The molecular formula is C15H32N2O3. The molecule has 0 aliphatic heterocycles. The molecule has 20 heavy (non-hydrogen) atoms. The number of ether oxygens (including phenoxy) is 2. The van der Waals surface area contributed by atoms with Gasteiger partial charge in [0.1, 0.15) is 5.60 Å². The number of amides is 1. The molecule has 0 radical (unpaired) electrons. The topological polar surface area (TPSA) is 59.6 Å². The van der Waals surface area contributed by atoms with Crippen LogP contribution in [0.2, 0.25) is 0 Å². The van der Waals surface area contributed by atoms with Gasteiger partial charge in [0.2, 0.25) is 0 Å². The first-order valence-corrected chi connectivity index (χ1v) is 7.31. The second-order valence-electron chi connectivity index (χ2n) is 6.81. The summed E-state index contributed by atoms with van der Waals surface area (Å²) < 4.78 is 10.6. The van der Waals surface area contributed by atoms with E-state index in [1.54, 1.807) is 7.11 Å². The highest BCUT2D eigenvalue weighted by Crippen LogP contribution is 2.15. The van der Waals surface area contributed by atoms with Crippen LogP contribution in [0.1, 0.15) is 54.4 Å². The second kappa shape index (κ2) is 8.47. The van der Waals surface area contributed by atoms with Crippen LogP contribution in [0, 0.1) is 0 Å². The molecule has 0 aliphatic rings. The molecule has 0 rings (SSSR count). The fourth-order valence-electron chi connectivity index (χ4n) is 1.83. The van der Waals surface area contributed by atoms with E-state index in [4.69, 9.17) is 9.47 Å². The minimum atomic E-state index is -0.442. The molecule has 1 atom stereocenters. The first-order chi connectivity index (χ1) is 9.06. The summed E-state index contributed by atoms with van der Waals surface area (Å²) in [5.74, 6) is 0. The van der Waals surface area contributed by atoms with Crippen molar-refractivity contribution < 1.29 is 14.3 Å². The molecule has 1 unspecified atom stereocenters. The van der Waals surface area contributed by atoms with Gasteiger partial charge in [-0.1, -0.05) is 0 Å². The molecule has 0 heterocycles. The first kappa shape index (κ1) is 19.2. The van der Waals surface area contributed by atoms with Gasteiger partial charge in [-0.05, 0) is 60.9 Å². The lowest BCUT2D eigenvalue weighted by atomic mass is 10.00. The van der Waals surface area contributed by atoms with Gasteiger partial charge in [-0.3, -0.25) is 0 Å². The van der Waals surface area contributed by atoms with Gasteiger partial charge in [0, 0.05) is 19.7 Å². The van der Waals surface area contributed by atoms with Crippen molar-refractivity contribution in [3.05, 3.63) is 0 Å². The zero-order valence-electron chi connectivity index (χ0n) is 14.1. The third kappa shape index (κ3) is 11.1. The fraction of sp³-hybridized carbons (Fsp3) is 0.933. The summed E-state index contributed by atoms with van der Waals surface area (Å²) in [5, 5.41) is 6.17. The average molecular weight is 288 g/mol. The van der Waals surface area contributed by atoms with Gasteiger partial charge in [0.15, 0.2) is 0 Å². The number of hydrogen-bond donors (Lipinski definition) is 2. The molecule has 0 saturated carbocycles. The minimum Gasteiger partial charge on any atom is -0.444 e. The summed E-state index contributed by atoms with van der Waals surface area (Å²) in [6.07, 6.45) is 1.46. The Morgan fingerprint density at radius 3 is 2.25 bits per heavy atom. The summed E-state index contributed by atoms with van der Waals surface area (Å²) in [5.41, 5.74) is -0.552. The Balaban J connectivity index is 3.65. The summed E-state index contributed by atoms with van der Waals surface area (Å²) >= 11 is 0. The van der Waals surface area contributed by atoms with Crippen LogP contribution >= 0.6 is 0 Å². The highest BCUT2D eigenvalue weighted by molar-refractivity contribution is 5.67. The minimum absolute atomic E-state index is 0.110. The quantitative estimate of drug-likeness (QED) is 0.674. The average Bonchev–Trinajstić information content (AvgIpc) is 2.25. The molecule has 0 saturated heterocycles. The van der Waals surface area contributed by atoms with Crippen LogP contribution in [0.25, 0.3) is 0 Å². The highest BCUT2D eigenvalue weighted by Gasteiger charge is 2.19. The van der Waals surface area contributed by atoms with Crippen LogP contribution in [0.4, 0.5) is 4.79 Å². The van der Waals surface area contributed by atoms with Crippen molar-refractivity contribution >= 4 is 6.09 Å². The lowest BCUT2D eigenvalue weighted by Crippen LogP contribution is -2.37. The van der Waals surface area contributed by atoms with Crippen LogP contribution < -0.4 is 10.6 Å². The molecular weight excluding hydrogens is 256 g/mol. The summed E-state index contributed by atoms with van der Waals surface area (Å²) in [6, 6.07) is 0.381. The van der Waals surface area contributed by atoms with Crippen molar-refractivity contribution in [2.45, 2.75) is 71.6 Å². The van der Waals surface area contributed by atoms with Crippen molar-refractivity contribution in [1.29, 1.82) is 0 Å². The lowest BCUT2D eigenvalue weighted by Gasteiger charge is -2.27. The molecule has 5 nitrogen and oxygen atoms in total. The molecule has 0 fully saturated rings. The molecule has 2 N–H and O–H groups in total. The molecule has 0 aliphatic carbocycles. The van der Waals surface area contributed by atoms with Gasteiger partial charge in [0.05, 0.1) is 5.60 Å². The maximum absolute atomic E-state index is 11.4. The van der Waals surface area contributed by atoms with Crippen LogP contribution in [0.5, 0.6) is 0 Å². The van der Waals surface area contributed by atoms with E-state index in [9.17, 15) is 4.79 Å². The summed E-state index contributed by atoms with van der Waals surface area (Å²) in [7, 11) is 1.73. The fourth-order valence-corrected chi connectivity index (χ4v) is 1.83. The van der Waals surface area contributed by atoms with Gasteiger partial charge >= 0.3 is 6.09 Å². The first-order valence-electron chi connectivity index (χ1n) is 7.31. The Morgan fingerprint density at radius 1 is 1.15 bits per heavy atom. The van der Waals surface area contributed by atoms with Crippen molar-refractivity contribution in [2.24, 2.45) is 0 Å². The molecule has 0 aromatic rings. The van der Waals surface area contributed by atoms with Crippen molar-refractivity contribution in [1.82, 2.24) is 10.6 Å². The number of rotatable bonds is 8. The number of methoxy groups -OCH3 is 1. The van der Waals surface area contributed by atoms with Gasteiger partial charge in [-0.2, -0.15) is 0 Å². The lowest BCUT2D eigenvalue weighted by molar-refractivity contribution is 0.00861. The zero-order chi connectivity index (χ0) is 15.8. The molecule has 0 aromatic carbocycles. The molecule has 0 bridgehead atoms. The standard InChI is InChI=1S/C15H32N2O3/c1-12(11-15(5,6)19-7)16-9-8-10-17-13(18)20-14(2,3)4/h12,16H,8-11H2,1-7H3,(H,17,18). The molecule has 1 amide bonds. The largest absolute Gasteiger partial charge is 0.444 e. The van der Waals surface area contributed by atoms with E-state index in [1.165, 1.54) is 0 Å². The highest BCUT2D eigenvalue weighted by atomic mass is 16.6. The van der Waals surface area contributed by atoms with Gasteiger partial charge < -0.3 is 20.1 Å². The van der Waals surface area contributed by atoms with E-state index in [-0.39, 0.29) is 11.7 Å². The van der Waals surface area contributed by atoms with Crippen LogP contribution in [0.3, 0.4) is 0 Å². The van der Waals surface area contributed by atoms with E-state index >= 15 is 0 Å². The molecule has 5 heteroatoms. The molecule has 120 valence electrons. The SMILES string of the molecule is COC(C)(C)CC(C)NCCCNC(=O)OC(C)(C)C. The van der Waals surface area contributed by atoms with Crippen molar-refractivity contribution in [2.75, 3.05) is 20.2 Å². The van der Waals surface area contributed by atoms with Crippen molar-refractivity contribution in [3.63, 3.8) is 0 Å². The third-order valence-corrected chi connectivity index (χ3v) is 2.86. The number of nitrogens with one attached hydrogen (secondary N) is 2. The Morgan fingerprint density at radius 2 is 1.75 bits per heavy atom. The normalized spacial score (nSPS) is 13.9. The van der Waals surface area contributed by atoms with Crippen LogP contribution in [0.15, 0.2) is 0 Å². The Kier molecular flexibility index (Phi) is 8.13. The number of carbonyl (C=O) groups is 1. The number of hydrogen-bond acceptors (Lipinski definition) is 4. The maximum atomic E-state index is 11.4. The molecule has 0 spiro atoms. The third-order valence-electron chi connectivity index (χ3n) is 2.86. The Labute approximate surface area is 123 Å². The van der Waals surface area contributed by atoms with Gasteiger partial charge in [-0.15, -0.1) is 0 Å². The summed E-state index contributed by atoms with van der Waals surface area (Å²) in [4.78, 5) is 11.4. The van der Waals surface area contributed by atoms with Gasteiger partial charge in [0.25, 0.3) is 0 Å². The monoisotopic (exact) mass is 288 g/mol. The molecule has 0 aromatic heterocycles. The van der Waals surface area contributed by atoms with Crippen LogP contribution in [-0.2, 0) is 9.47 Å². The van der Waals surface area contributed by atoms with Crippen molar-refractivity contribution in [3.8, 4) is 0 Å². The maximum Gasteiger partial charge on any atom is 0.407 e. The Bertz CT molecular complexity index is 285. The smallest absolute Gasteiger partial charge is 0.407 e. The van der Waals surface area contributed by atoms with E-state index in [0.29, 0.717) is 12.6 Å². The number of alkyl carbamates (subject to hydrolysis) is 1. The second-order valence-corrected chi connectivity index (χ2v) is 6.81. The summed E-state index contributed by atoms with van der Waals surface area (Å²) in [6.45, 7) is 13.3. The Hall–Kier alpha value is -0.810. The predicted molar refractivity (Wildman–Crippen MR) is 82.0 cm³/mol. The van der Waals surface area contributed by atoms with E-state index in [1.807, 2.05) is 20.8 Å². The number of carbonyl (C=O) groups excluding carboxylic acids is 1. The van der Waals surface area contributed by atoms with Crippen LogP contribution in [-0.4, -0.2) is 43.5 Å². The predicted octanol–water partition coefficient (Wildman–Crippen LogP) is 2.69.